The van der Waals surface area contributed by atoms with Crippen LogP contribution >= 0.6 is 0 Å². The van der Waals surface area contributed by atoms with Gasteiger partial charge in [-0.15, -0.1) is 0 Å². The maximum absolute atomic E-state index is 13.1. The summed E-state index contributed by atoms with van der Waals surface area (Å²) in [6.07, 6.45) is 17.1. The first kappa shape index (κ1) is 38.4. The molecule has 8 heteroatoms. The fourth-order valence-electron chi connectivity index (χ4n) is 4.67. The van der Waals surface area contributed by atoms with Crippen molar-refractivity contribution in [2.75, 3.05) is 25.1 Å². The second kappa shape index (κ2) is 24.4. The third-order valence-electron chi connectivity index (χ3n) is 7.41. The minimum atomic E-state index is -0.771. The first-order valence-corrected chi connectivity index (χ1v) is 17.3. The molecular formula is C38H55NO7. The molecule has 8 nitrogen and oxygen atoms in total. The van der Waals surface area contributed by atoms with E-state index in [4.69, 9.17) is 18.9 Å². The number of carbonyl (C=O) groups is 3. The van der Waals surface area contributed by atoms with Gasteiger partial charge in [0.25, 0.3) is 5.91 Å². The number of carbonyl (C=O) groups excluding carboxylic acids is 3. The van der Waals surface area contributed by atoms with Crippen LogP contribution in [0, 0.1) is 0 Å². The average molecular weight is 638 g/mol. The highest BCUT2D eigenvalue weighted by Crippen LogP contribution is 2.27. The fourth-order valence-corrected chi connectivity index (χ4v) is 4.67. The Morgan fingerprint density at radius 2 is 1.17 bits per heavy atom. The van der Waals surface area contributed by atoms with Crippen molar-refractivity contribution in [3.05, 3.63) is 65.9 Å². The number of amides is 1. The number of hydrogen-bond acceptors (Lipinski definition) is 7. The fraction of sp³-hybridized carbons (Fsp3) is 0.553. The molecule has 46 heavy (non-hydrogen) atoms. The van der Waals surface area contributed by atoms with Gasteiger partial charge in [-0.1, -0.05) is 110 Å². The molecule has 0 aliphatic heterocycles. The van der Waals surface area contributed by atoms with Crippen molar-refractivity contribution in [2.45, 2.75) is 117 Å². The van der Waals surface area contributed by atoms with Crippen LogP contribution in [0.2, 0.25) is 0 Å². The molecule has 0 bridgehead atoms. The zero-order valence-electron chi connectivity index (χ0n) is 28.3. The number of esters is 2. The van der Waals surface area contributed by atoms with Crippen LogP contribution < -0.4 is 14.8 Å². The van der Waals surface area contributed by atoms with Crippen molar-refractivity contribution in [3.8, 4) is 11.5 Å². The molecule has 0 atom stereocenters. The molecule has 0 aliphatic rings. The summed E-state index contributed by atoms with van der Waals surface area (Å²) in [5.74, 6) is -1.22. The van der Waals surface area contributed by atoms with Gasteiger partial charge in [-0.25, -0.2) is 9.59 Å². The summed E-state index contributed by atoms with van der Waals surface area (Å²) in [6.45, 7) is 7.54. The topological polar surface area (TPSA) is 100 Å². The number of anilines is 1. The molecule has 0 fully saturated rings. The van der Waals surface area contributed by atoms with Crippen molar-refractivity contribution >= 4 is 23.5 Å². The van der Waals surface area contributed by atoms with E-state index >= 15 is 0 Å². The predicted octanol–water partition coefficient (Wildman–Crippen LogP) is 9.58. The zero-order chi connectivity index (χ0) is 33.2. The summed E-state index contributed by atoms with van der Waals surface area (Å²) in [5.41, 5.74) is 0.772. The summed E-state index contributed by atoms with van der Waals surface area (Å²) in [7, 11) is 0. The van der Waals surface area contributed by atoms with E-state index in [9.17, 15) is 14.4 Å². The quantitative estimate of drug-likeness (QED) is 0.0501. The Kier molecular flexibility index (Phi) is 20.4. The molecule has 1 N–H and O–H groups in total. The largest absolute Gasteiger partial charge is 0.494 e. The molecule has 0 radical (unpaired) electrons. The van der Waals surface area contributed by atoms with Crippen LogP contribution in [0.4, 0.5) is 5.69 Å². The molecule has 0 heterocycles. The molecular weight excluding hydrogens is 582 g/mol. The van der Waals surface area contributed by atoms with E-state index in [1.807, 2.05) is 0 Å². The van der Waals surface area contributed by atoms with Crippen LogP contribution in [0.25, 0.3) is 0 Å². The monoisotopic (exact) mass is 637 g/mol. The SMILES string of the molecule is CCCCCCCCCOc1ccc(C(=O)Nc2ccccc2O/C(=C\C(=O)OCCCCCC)C(=O)OCCCCCC)cc1. The summed E-state index contributed by atoms with van der Waals surface area (Å²) in [6, 6.07) is 13.7. The predicted molar refractivity (Wildman–Crippen MR) is 183 cm³/mol. The second-order valence-electron chi connectivity index (χ2n) is 11.5. The smallest absolute Gasteiger partial charge is 0.374 e. The molecule has 2 aromatic carbocycles. The summed E-state index contributed by atoms with van der Waals surface area (Å²) >= 11 is 0. The highest BCUT2D eigenvalue weighted by molar-refractivity contribution is 6.05. The van der Waals surface area contributed by atoms with E-state index in [1.165, 1.54) is 32.1 Å². The third-order valence-corrected chi connectivity index (χ3v) is 7.41. The molecule has 254 valence electrons. The number of nitrogens with one attached hydrogen (secondary N) is 1. The number of unbranched alkanes of at least 4 members (excludes halogenated alkanes) is 12. The number of para-hydroxylation sites is 2. The normalized spacial score (nSPS) is 11.2. The molecule has 2 aromatic rings. The second-order valence-corrected chi connectivity index (χ2v) is 11.5. The lowest BCUT2D eigenvalue weighted by atomic mass is 10.1. The van der Waals surface area contributed by atoms with Crippen molar-refractivity contribution in [1.82, 2.24) is 0 Å². The van der Waals surface area contributed by atoms with Gasteiger partial charge in [0.05, 0.1) is 31.6 Å². The first-order chi connectivity index (χ1) is 22.5. The van der Waals surface area contributed by atoms with Crippen LogP contribution in [0.3, 0.4) is 0 Å². The van der Waals surface area contributed by atoms with Crippen LogP contribution in [0.15, 0.2) is 60.4 Å². The Morgan fingerprint density at radius 3 is 1.83 bits per heavy atom. The van der Waals surface area contributed by atoms with Gasteiger partial charge in [-0.2, -0.15) is 0 Å². The van der Waals surface area contributed by atoms with Crippen LogP contribution in [0.1, 0.15) is 127 Å². The van der Waals surface area contributed by atoms with Crippen molar-refractivity contribution < 1.29 is 33.3 Å². The Bertz CT molecular complexity index is 1180. The number of rotatable bonds is 25. The molecule has 0 spiro atoms. The van der Waals surface area contributed by atoms with Crippen LogP contribution in [-0.2, 0) is 19.1 Å². The summed E-state index contributed by atoms with van der Waals surface area (Å²) < 4.78 is 22.5. The van der Waals surface area contributed by atoms with Gasteiger partial charge in [0.15, 0.2) is 5.75 Å². The number of hydrogen-bond donors (Lipinski definition) is 1. The standard InChI is InChI=1S/C38H55NO7/c1-4-7-10-13-14-15-20-27-43-32-25-23-31(24-26-32)37(41)39-33-21-16-17-22-34(33)46-35(38(42)45-29-19-12-9-6-3)30-36(40)44-28-18-11-8-5-2/h16-17,21-26,30H,4-15,18-20,27-29H2,1-3H3,(H,39,41)/b35-30-. The summed E-state index contributed by atoms with van der Waals surface area (Å²) in [5, 5.41) is 2.84. The molecule has 1 amide bonds. The van der Waals surface area contributed by atoms with E-state index in [0.717, 1.165) is 63.9 Å². The Labute approximate surface area is 276 Å². The number of benzene rings is 2. The molecule has 0 unspecified atom stereocenters. The van der Waals surface area contributed by atoms with Crippen molar-refractivity contribution in [2.24, 2.45) is 0 Å². The lowest BCUT2D eigenvalue weighted by molar-refractivity contribution is -0.143. The van der Waals surface area contributed by atoms with E-state index in [0.29, 0.717) is 30.0 Å². The molecule has 2 rings (SSSR count). The minimum absolute atomic E-state index is 0.190. The maximum Gasteiger partial charge on any atom is 0.374 e. The van der Waals surface area contributed by atoms with E-state index in [-0.39, 0.29) is 30.6 Å². The molecule has 0 aromatic heterocycles. The molecule has 0 saturated heterocycles. The lowest BCUT2D eigenvalue weighted by Gasteiger charge is -2.14. The van der Waals surface area contributed by atoms with E-state index in [1.54, 1.807) is 48.5 Å². The maximum atomic E-state index is 13.1. The first-order valence-electron chi connectivity index (χ1n) is 17.3. The third kappa shape index (κ3) is 16.5. The summed E-state index contributed by atoms with van der Waals surface area (Å²) in [4.78, 5) is 38.6. The Hall–Kier alpha value is -3.81. The molecule has 0 aliphatic carbocycles. The average Bonchev–Trinajstić information content (AvgIpc) is 3.06. The highest BCUT2D eigenvalue weighted by Gasteiger charge is 2.19. The Morgan fingerprint density at radius 1 is 0.630 bits per heavy atom. The van der Waals surface area contributed by atoms with Crippen LogP contribution in [0.5, 0.6) is 11.5 Å². The zero-order valence-corrected chi connectivity index (χ0v) is 28.3. The van der Waals surface area contributed by atoms with Gasteiger partial charge in [0.2, 0.25) is 5.76 Å². The highest BCUT2D eigenvalue weighted by atomic mass is 16.6. The van der Waals surface area contributed by atoms with Gasteiger partial charge in [0.1, 0.15) is 5.75 Å². The minimum Gasteiger partial charge on any atom is -0.494 e. The Balaban J connectivity index is 2.01. The molecule has 0 saturated carbocycles. The van der Waals surface area contributed by atoms with Gasteiger partial charge in [-0.3, -0.25) is 4.79 Å². The van der Waals surface area contributed by atoms with Gasteiger partial charge in [0, 0.05) is 5.56 Å². The van der Waals surface area contributed by atoms with Crippen molar-refractivity contribution in [1.29, 1.82) is 0 Å². The lowest BCUT2D eigenvalue weighted by Crippen LogP contribution is -2.18. The number of ether oxygens (including phenoxy) is 4. The van der Waals surface area contributed by atoms with Crippen molar-refractivity contribution in [3.63, 3.8) is 0 Å². The van der Waals surface area contributed by atoms with Gasteiger partial charge >= 0.3 is 11.9 Å². The van der Waals surface area contributed by atoms with Gasteiger partial charge < -0.3 is 24.3 Å². The van der Waals surface area contributed by atoms with E-state index in [2.05, 4.69) is 26.1 Å². The van der Waals surface area contributed by atoms with Gasteiger partial charge in [-0.05, 0) is 55.7 Å². The van der Waals surface area contributed by atoms with Crippen LogP contribution in [-0.4, -0.2) is 37.7 Å². The van der Waals surface area contributed by atoms with E-state index < -0.39 is 11.9 Å².